The molecule has 0 amide bonds. The van der Waals surface area contributed by atoms with E-state index in [1.165, 1.54) is 0 Å². The van der Waals surface area contributed by atoms with Crippen molar-refractivity contribution in [3.8, 4) is 0 Å². The molecule has 1 aliphatic heterocycles. The molecule has 2 aromatic heterocycles. The van der Waals surface area contributed by atoms with Crippen molar-refractivity contribution >= 4 is 22.8 Å². The Morgan fingerprint density at radius 3 is 2.57 bits per heavy atom. The number of fused-ring (bicyclic) bond motifs is 1. The van der Waals surface area contributed by atoms with Gasteiger partial charge < -0.3 is 20.1 Å². The zero-order chi connectivity index (χ0) is 19.5. The molecule has 1 fully saturated rings. The standard InChI is InChI=1S/C20H26N6O2/c1-13(2)16-17-18(25-24-16)19(21-15(12-27)14-6-4-3-5-7-14)23-20(22-17)26-8-10-28-11-9-26/h3-7,13,15,27H,8-12H2,1-2H3,(H,24,25)(H,21,22,23). The first-order valence-electron chi connectivity index (χ1n) is 9.68. The zero-order valence-corrected chi connectivity index (χ0v) is 16.2. The largest absolute Gasteiger partial charge is 0.394 e. The summed E-state index contributed by atoms with van der Waals surface area (Å²) in [7, 11) is 0. The molecule has 1 saturated heterocycles. The van der Waals surface area contributed by atoms with Gasteiger partial charge in [0.15, 0.2) is 11.3 Å². The predicted octanol–water partition coefficient (Wildman–Crippen LogP) is 2.46. The van der Waals surface area contributed by atoms with E-state index in [0.29, 0.717) is 30.5 Å². The molecule has 8 heteroatoms. The van der Waals surface area contributed by atoms with Crippen LogP contribution in [0.4, 0.5) is 11.8 Å². The molecule has 3 aromatic rings. The molecule has 148 valence electrons. The molecule has 0 radical (unpaired) electrons. The number of hydrogen-bond acceptors (Lipinski definition) is 7. The Balaban J connectivity index is 1.77. The molecule has 28 heavy (non-hydrogen) atoms. The third kappa shape index (κ3) is 3.65. The van der Waals surface area contributed by atoms with Gasteiger partial charge in [-0.2, -0.15) is 10.1 Å². The van der Waals surface area contributed by atoms with Crippen LogP contribution in [-0.4, -0.2) is 58.2 Å². The van der Waals surface area contributed by atoms with Gasteiger partial charge in [0.2, 0.25) is 5.95 Å². The van der Waals surface area contributed by atoms with Crippen molar-refractivity contribution in [1.29, 1.82) is 0 Å². The molecule has 1 aliphatic rings. The van der Waals surface area contributed by atoms with Crippen LogP contribution in [0.25, 0.3) is 11.0 Å². The van der Waals surface area contributed by atoms with Crippen LogP contribution in [0.15, 0.2) is 30.3 Å². The highest BCUT2D eigenvalue weighted by molar-refractivity contribution is 5.88. The van der Waals surface area contributed by atoms with Crippen molar-refractivity contribution in [2.45, 2.75) is 25.8 Å². The minimum absolute atomic E-state index is 0.0517. The number of rotatable bonds is 6. The number of hydrogen-bond donors (Lipinski definition) is 3. The molecule has 1 aromatic carbocycles. The summed E-state index contributed by atoms with van der Waals surface area (Å²) in [6.45, 7) is 6.99. The van der Waals surface area contributed by atoms with Crippen LogP contribution in [0.3, 0.4) is 0 Å². The number of anilines is 2. The molecule has 0 spiro atoms. The summed E-state index contributed by atoms with van der Waals surface area (Å²) >= 11 is 0. The topological polar surface area (TPSA) is 99.2 Å². The number of ether oxygens (including phenoxy) is 1. The van der Waals surface area contributed by atoms with E-state index < -0.39 is 0 Å². The summed E-state index contributed by atoms with van der Waals surface area (Å²) in [6.07, 6.45) is 0. The lowest BCUT2D eigenvalue weighted by Gasteiger charge is -2.27. The van der Waals surface area contributed by atoms with E-state index in [2.05, 4.69) is 34.3 Å². The highest BCUT2D eigenvalue weighted by Gasteiger charge is 2.22. The number of nitrogens with one attached hydrogen (secondary N) is 2. The predicted molar refractivity (Wildman–Crippen MR) is 109 cm³/mol. The van der Waals surface area contributed by atoms with E-state index in [0.717, 1.165) is 29.9 Å². The van der Waals surface area contributed by atoms with E-state index in [4.69, 9.17) is 14.7 Å². The van der Waals surface area contributed by atoms with Crippen molar-refractivity contribution in [1.82, 2.24) is 20.2 Å². The van der Waals surface area contributed by atoms with Gasteiger partial charge in [-0.05, 0) is 11.5 Å². The molecule has 8 nitrogen and oxygen atoms in total. The summed E-state index contributed by atoms with van der Waals surface area (Å²) < 4.78 is 5.46. The normalized spacial score (nSPS) is 15.9. The van der Waals surface area contributed by atoms with Crippen molar-refractivity contribution in [3.05, 3.63) is 41.6 Å². The third-order valence-electron chi connectivity index (χ3n) is 4.98. The van der Waals surface area contributed by atoms with Gasteiger partial charge in [0, 0.05) is 13.1 Å². The summed E-state index contributed by atoms with van der Waals surface area (Å²) in [6, 6.07) is 9.56. The SMILES string of the molecule is CC(C)c1[nH]nc2c(NC(CO)c3ccccc3)nc(N3CCOCC3)nc12. The number of morpholine rings is 1. The van der Waals surface area contributed by atoms with E-state index in [1.54, 1.807) is 0 Å². The fourth-order valence-electron chi connectivity index (χ4n) is 3.40. The van der Waals surface area contributed by atoms with Crippen molar-refractivity contribution in [2.75, 3.05) is 43.1 Å². The van der Waals surface area contributed by atoms with Crippen LogP contribution in [0.1, 0.15) is 37.1 Å². The monoisotopic (exact) mass is 382 g/mol. The second kappa shape index (κ2) is 8.12. The van der Waals surface area contributed by atoms with Gasteiger partial charge in [0.1, 0.15) is 5.52 Å². The molecule has 3 N–H and O–H groups in total. The lowest BCUT2D eigenvalue weighted by Crippen LogP contribution is -2.37. The van der Waals surface area contributed by atoms with Crippen molar-refractivity contribution in [3.63, 3.8) is 0 Å². The maximum absolute atomic E-state index is 9.96. The van der Waals surface area contributed by atoms with Gasteiger partial charge in [-0.3, -0.25) is 5.10 Å². The summed E-state index contributed by atoms with van der Waals surface area (Å²) in [5, 5.41) is 20.9. The van der Waals surface area contributed by atoms with E-state index >= 15 is 0 Å². The first kappa shape index (κ1) is 18.6. The average molecular weight is 382 g/mol. The Morgan fingerprint density at radius 2 is 1.89 bits per heavy atom. The molecule has 4 rings (SSSR count). The van der Waals surface area contributed by atoms with Crippen LogP contribution in [0, 0.1) is 0 Å². The Kier molecular flexibility index (Phi) is 5.40. The quantitative estimate of drug-likeness (QED) is 0.602. The summed E-state index contributed by atoms with van der Waals surface area (Å²) in [4.78, 5) is 11.7. The lowest BCUT2D eigenvalue weighted by atomic mass is 10.1. The highest BCUT2D eigenvalue weighted by Crippen LogP contribution is 2.30. The molecule has 1 unspecified atom stereocenters. The van der Waals surface area contributed by atoms with Gasteiger partial charge in [-0.25, -0.2) is 4.98 Å². The van der Waals surface area contributed by atoms with E-state index in [-0.39, 0.29) is 18.6 Å². The van der Waals surface area contributed by atoms with Crippen LogP contribution in [-0.2, 0) is 4.74 Å². The fourth-order valence-corrected chi connectivity index (χ4v) is 3.40. The molecule has 0 saturated carbocycles. The average Bonchev–Trinajstić information content (AvgIpc) is 3.17. The molecule has 0 bridgehead atoms. The Hall–Kier alpha value is -2.71. The minimum atomic E-state index is -0.281. The number of nitrogens with zero attached hydrogens (tertiary/aromatic N) is 4. The van der Waals surface area contributed by atoms with Crippen molar-refractivity contribution in [2.24, 2.45) is 0 Å². The first-order valence-corrected chi connectivity index (χ1v) is 9.68. The minimum Gasteiger partial charge on any atom is -0.394 e. The molecular formula is C20H26N6O2. The smallest absolute Gasteiger partial charge is 0.228 e. The number of aromatic amines is 1. The van der Waals surface area contributed by atoms with E-state index in [9.17, 15) is 5.11 Å². The third-order valence-corrected chi connectivity index (χ3v) is 4.98. The van der Waals surface area contributed by atoms with E-state index in [1.807, 2.05) is 30.3 Å². The van der Waals surface area contributed by atoms with Gasteiger partial charge in [0.05, 0.1) is 31.6 Å². The van der Waals surface area contributed by atoms with Crippen molar-refractivity contribution < 1.29 is 9.84 Å². The van der Waals surface area contributed by atoms with Gasteiger partial charge >= 0.3 is 0 Å². The summed E-state index contributed by atoms with van der Waals surface area (Å²) in [5.41, 5.74) is 3.48. The highest BCUT2D eigenvalue weighted by atomic mass is 16.5. The number of aromatic nitrogens is 4. The zero-order valence-electron chi connectivity index (χ0n) is 16.2. The molecule has 3 heterocycles. The number of H-pyrrole nitrogens is 1. The summed E-state index contributed by atoms with van der Waals surface area (Å²) in [5.74, 6) is 1.54. The molecular weight excluding hydrogens is 356 g/mol. The molecule has 1 atom stereocenters. The Morgan fingerprint density at radius 1 is 1.14 bits per heavy atom. The lowest BCUT2D eigenvalue weighted by molar-refractivity contribution is 0.122. The number of aliphatic hydroxyl groups is 1. The van der Waals surface area contributed by atoms with Gasteiger partial charge in [-0.15, -0.1) is 0 Å². The Labute approximate surface area is 164 Å². The maximum Gasteiger partial charge on any atom is 0.228 e. The molecule has 0 aliphatic carbocycles. The second-order valence-electron chi connectivity index (χ2n) is 7.25. The van der Waals surface area contributed by atoms with Crippen LogP contribution in [0.2, 0.25) is 0 Å². The van der Waals surface area contributed by atoms with Crippen LogP contribution >= 0.6 is 0 Å². The number of benzene rings is 1. The first-order chi connectivity index (χ1) is 13.7. The van der Waals surface area contributed by atoms with Gasteiger partial charge in [0.25, 0.3) is 0 Å². The van der Waals surface area contributed by atoms with Gasteiger partial charge in [-0.1, -0.05) is 44.2 Å². The van der Waals surface area contributed by atoms with Crippen LogP contribution < -0.4 is 10.2 Å². The van der Waals surface area contributed by atoms with Crippen LogP contribution in [0.5, 0.6) is 0 Å². The second-order valence-corrected chi connectivity index (χ2v) is 7.25. The fraction of sp³-hybridized carbons (Fsp3) is 0.450. The number of aliphatic hydroxyl groups excluding tert-OH is 1. The maximum atomic E-state index is 9.96. The Bertz CT molecular complexity index is 921.